The zero-order valence-corrected chi connectivity index (χ0v) is 12.6. The van der Waals surface area contributed by atoms with Crippen LogP contribution >= 0.6 is 0 Å². The lowest BCUT2D eigenvalue weighted by Gasteiger charge is -2.13. The number of ether oxygens (including phenoxy) is 1. The van der Waals surface area contributed by atoms with Gasteiger partial charge in [0, 0.05) is 0 Å². The largest absolute Gasteiger partial charge is 0.493 e. The van der Waals surface area contributed by atoms with E-state index in [1.807, 2.05) is 37.3 Å². The van der Waals surface area contributed by atoms with E-state index in [1.165, 1.54) is 6.33 Å². The molecular weight excluding hydrogens is 292 g/mol. The average molecular weight is 308 g/mol. The molecule has 0 aliphatic carbocycles. The van der Waals surface area contributed by atoms with Crippen LogP contribution in [0.15, 0.2) is 61.2 Å². The van der Waals surface area contributed by atoms with E-state index in [1.54, 1.807) is 29.2 Å². The van der Waals surface area contributed by atoms with Gasteiger partial charge in [-0.2, -0.15) is 5.10 Å². The van der Waals surface area contributed by atoms with Crippen molar-refractivity contribution in [1.29, 1.82) is 0 Å². The molecule has 1 aromatic heterocycles. The molecule has 1 N–H and O–H groups in total. The van der Waals surface area contributed by atoms with Crippen LogP contribution in [-0.2, 0) is 0 Å². The Morgan fingerprint density at radius 2 is 1.96 bits per heavy atom. The summed E-state index contributed by atoms with van der Waals surface area (Å²) in [7, 11) is 0. The Labute approximate surface area is 133 Å². The number of rotatable bonds is 5. The predicted molar refractivity (Wildman–Crippen MR) is 86.9 cm³/mol. The van der Waals surface area contributed by atoms with Gasteiger partial charge in [0.2, 0.25) is 0 Å². The Morgan fingerprint density at radius 1 is 1.17 bits per heavy atom. The van der Waals surface area contributed by atoms with Gasteiger partial charge in [-0.05, 0) is 31.2 Å². The van der Waals surface area contributed by atoms with Gasteiger partial charge in [0.1, 0.15) is 18.4 Å². The highest BCUT2D eigenvalue weighted by atomic mass is 16.5. The molecule has 3 rings (SSSR count). The molecule has 0 fully saturated rings. The third kappa shape index (κ3) is 3.21. The number of aromatic nitrogens is 3. The third-order valence-electron chi connectivity index (χ3n) is 3.25. The minimum atomic E-state index is -0.235. The lowest BCUT2D eigenvalue weighted by Crippen LogP contribution is -2.15. The Kier molecular flexibility index (Phi) is 4.33. The topological polar surface area (TPSA) is 69.0 Å². The van der Waals surface area contributed by atoms with E-state index in [4.69, 9.17) is 4.74 Å². The van der Waals surface area contributed by atoms with Crippen molar-refractivity contribution in [3.8, 4) is 11.4 Å². The van der Waals surface area contributed by atoms with Crippen LogP contribution in [0.1, 0.15) is 17.3 Å². The van der Waals surface area contributed by atoms with Crippen LogP contribution in [0.4, 0.5) is 5.69 Å². The van der Waals surface area contributed by atoms with Crippen molar-refractivity contribution in [3.63, 3.8) is 0 Å². The number of para-hydroxylation sites is 3. The first kappa shape index (κ1) is 14.8. The van der Waals surface area contributed by atoms with Crippen molar-refractivity contribution in [1.82, 2.24) is 14.8 Å². The molecule has 0 aliphatic rings. The summed E-state index contributed by atoms with van der Waals surface area (Å²) in [6.07, 6.45) is 3.03. The molecule has 116 valence electrons. The zero-order chi connectivity index (χ0) is 16.1. The van der Waals surface area contributed by atoms with E-state index >= 15 is 0 Å². The molecule has 2 aromatic carbocycles. The molecule has 1 heterocycles. The second kappa shape index (κ2) is 6.74. The Morgan fingerprint density at radius 3 is 2.74 bits per heavy atom. The van der Waals surface area contributed by atoms with Gasteiger partial charge in [-0.25, -0.2) is 9.67 Å². The van der Waals surface area contributed by atoms with Gasteiger partial charge in [-0.15, -0.1) is 0 Å². The summed E-state index contributed by atoms with van der Waals surface area (Å²) in [5.41, 5.74) is 1.88. The third-order valence-corrected chi connectivity index (χ3v) is 3.25. The highest BCUT2D eigenvalue weighted by Crippen LogP contribution is 2.23. The summed E-state index contributed by atoms with van der Waals surface area (Å²) >= 11 is 0. The molecule has 0 atom stereocenters. The number of amides is 1. The summed E-state index contributed by atoms with van der Waals surface area (Å²) in [4.78, 5) is 16.5. The number of nitrogens with one attached hydrogen (secondary N) is 1. The second-order valence-corrected chi connectivity index (χ2v) is 4.74. The van der Waals surface area contributed by atoms with Crippen molar-refractivity contribution in [2.24, 2.45) is 0 Å². The standard InChI is InChI=1S/C17H16N4O2/c1-2-23-16-10-6-3-7-13(16)17(22)20-14-8-4-5-9-15(14)21-12-18-11-19-21/h3-12H,2H2,1H3,(H,20,22). The number of hydrogen-bond acceptors (Lipinski definition) is 4. The number of hydrogen-bond donors (Lipinski definition) is 1. The molecule has 6 heteroatoms. The number of carbonyl (C=O) groups is 1. The first-order valence-electron chi connectivity index (χ1n) is 7.27. The van der Waals surface area contributed by atoms with Crippen LogP contribution in [0, 0.1) is 0 Å². The fraction of sp³-hybridized carbons (Fsp3) is 0.118. The monoisotopic (exact) mass is 308 g/mol. The summed E-state index contributed by atoms with van der Waals surface area (Å²) in [6, 6.07) is 14.6. The molecule has 6 nitrogen and oxygen atoms in total. The molecule has 0 aliphatic heterocycles. The van der Waals surface area contributed by atoms with Gasteiger partial charge in [0.15, 0.2) is 0 Å². The number of nitrogens with zero attached hydrogens (tertiary/aromatic N) is 3. The number of anilines is 1. The van der Waals surface area contributed by atoms with Crippen LogP contribution < -0.4 is 10.1 Å². The lowest BCUT2D eigenvalue weighted by molar-refractivity contribution is 0.102. The lowest BCUT2D eigenvalue weighted by atomic mass is 10.1. The smallest absolute Gasteiger partial charge is 0.259 e. The summed E-state index contributed by atoms with van der Waals surface area (Å²) in [6.45, 7) is 2.38. The molecule has 0 unspecified atom stereocenters. The maximum absolute atomic E-state index is 12.6. The summed E-state index contributed by atoms with van der Waals surface area (Å²) < 4.78 is 7.11. The van der Waals surface area contributed by atoms with E-state index < -0.39 is 0 Å². The number of carbonyl (C=O) groups excluding carboxylic acids is 1. The molecule has 23 heavy (non-hydrogen) atoms. The Hall–Kier alpha value is -3.15. The van der Waals surface area contributed by atoms with Gasteiger partial charge in [-0.1, -0.05) is 24.3 Å². The van der Waals surface area contributed by atoms with Crippen LogP contribution in [-0.4, -0.2) is 27.3 Å². The molecule has 1 amide bonds. The highest BCUT2D eigenvalue weighted by molar-refractivity contribution is 6.07. The van der Waals surface area contributed by atoms with Crippen LogP contribution in [0.25, 0.3) is 5.69 Å². The average Bonchev–Trinajstić information content (AvgIpc) is 3.10. The minimum absolute atomic E-state index is 0.235. The van der Waals surface area contributed by atoms with Crippen molar-refractivity contribution >= 4 is 11.6 Å². The Bertz CT molecular complexity index is 800. The fourth-order valence-electron chi connectivity index (χ4n) is 2.24. The van der Waals surface area contributed by atoms with Gasteiger partial charge >= 0.3 is 0 Å². The Balaban J connectivity index is 1.90. The van der Waals surface area contributed by atoms with Crippen LogP contribution in [0.2, 0.25) is 0 Å². The predicted octanol–water partition coefficient (Wildman–Crippen LogP) is 2.92. The molecular formula is C17H16N4O2. The quantitative estimate of drug-likeness (QED) is 0.787. The van der Waals surface area contributed by atoms with E-state index in [0.717, 1.165) is 5.69 Å². The SMILES string of the molecule is CCOc1ccccc1C(=O)Nc1ccccc1-n1cncn1. The maximum atomic E-state index is 12.6. The van der Waals surface area contributed by atoms with Gasteiger partial charge in [0.05, 0.1) is 23.5 Å². The van der Waals surface area contributed by atoms with Crippen molar-refractivity contribution in [3.05, 3.63) is 66.7 Å². The summed E-state index contributed by atoms with van der Waals surface area (Å²) in [5, 5.41) is 7.01. The fourth-order valence-corrected chi connectivity index (χ4v) is 2.24. The van der Waals surface area contributed by atoms with Crippen molar-refractivity contribution in [2.45, 2.75) is 6.92 Å². The second-order valence-electron chi connectivity index (χ2n) is 4.74. The minimum Gasteiger partial charge on any atom is -0.493 e. The van der Waals surface area contributed by atoms with E-state index in [-0.39, 0.29) is 5.91 Å². The van der Waals surface area contributed by atoms with Gasteiger partial charge < -0.3 is 10.1 Å². The maximum Gasteiger partial charge on any atom is 0.259 e. The summed E-state index contributed by atoms with van der Waals surface area (Å²) in [5.74, 6) is 0.326. The van der Waals surface area contributed by atoms with Gasteiger partial charge in [0.25, 0.3) is 5.91 Å². The van der Waals surface area contributed by atoms with Gasteiger partial charge in [-0.3, -0.25) is 4.79 Å². The highest BCUT2D eigenvalue weighted by Gasteiger charge is 2.14. The van der Waals surface area contributed by atoms with Crippen molar-refractivity contribution in [2.75, 3.05) is 11.9 Å². The van der Waals surface area contributed by atoms with E-state index in [2.05, 4.69) is 15.4 Å². The molecule has 0 bridgehead atoms. The molecule has 0 saturated heterocycles. The molecule has 3 aromatic rings. The normalized spacial score (nSPS) is 10.3. The number of benzene rings is 2. The molecule has 0 spiro atoms. The van der Waals surface area contributed by atoms with Crippen LogP contribution in [0.5, 0.6) is 5.75 Å². The van der Waals surface area contributed by atoms with Crippen LogP contribution in [0.3, 0.4) is 0 Å². The van der Waals surface area contributed by atoms with Crippen molar-refractivity contribution < 1.29 is 9.53 Å². The van der Waals surface area contributed by atoms with E-state index in [0.29, 0.717) is 23.6 Å². The molecule has 0 saturated carbocycles. The van der Waals surface area contributed by atoms with E-state index in [9.17, 15) is 4.79 Å². The zero-order valence-electron chi connectivity index (χ0n) is 12.6. The first-order chi connectivity index (χ1) is 11.3. The molecule has 0 radical (unpaired) electrons. The first-order valence-corrected chi connectivity index (χ1v) is 7.27.